The van der Waals surface area contributed by atoms with Crippen LogP contribution in [0.15, 0.2) is 71.9 Å². The topological polar surface area (TPSA) is 39.4 Å². The van der Waals surface area contributed by atoms with E-state index >= 15 is 0 Å². The van der Waals surface area contributed by atoms with Gasteiger partial charge in [-0.3, -0.25) is 4.99 Å². The minimum Gasteiger partial charge on any atom is -0.507 e. The van der Waals surface area contributed by atoms with E-state index in [9.17, 15) is 0 Å². The zero-order chi connectivity index (χ0) is 38.9. The number of hydrogen-bond acceptors (Lipinski definition) is 3. The van der Waals surface area contributed by atoms with Crippen molar-refractivity contribution in [1.82, 2.24) is 9.55 Å². The van der Waals surface area contributed by atoms with Gasteiger partial charge in [-0.05, 0) is 95.2 Å². The van der Waals surface area contributed by atoms with Crippen molar-refractivity contribution >= 4 is 27.7 Å². The van der Waals surface area contributed by atoms with E-state index in [1.165, 1.54) is 49.7 Å². The van der Waals surface area contributed by atoms with E-state index in [0.29, 0.717) is 5.90 Å². The first-order chi connectivity index (χ1) is 25.1. The third-order valence-electron chi connectivity index (χ3n) is 12.3. The molecule has 0 saturated heterocycles. The van der Waals surface area contributed by atoms with Gasteiger partial charge < -0.3 is 14.3 Å². The maximum atomic E-state index is 7.40. The second-order valence-corrected chi connectivity index (χ2v) is 19.5. The van der Waals surface area contributed by atoms with Gasteiger partial charge >= 0.3 is 21.1 Å². The van der Waals surface area contributed by atoms with Gasteiger partial charge in [0.15, 0.2) is 5.60 Å². The molecule has 0 bridgehead atoms. The summed E-state index contributed by atoms with van der Waals surface area (Å²) < 4.78 is 9.75. The Bertz CT molecular complexity index is 2570. The standard InChI is InChI=1S/C50H55N3O.Pt/c1-29-15-16-43-39(19-29)40-21-32(4)38(42-26-35(17-18-51-42)46(5,6)7)27-44(40)53(43)37-24-33(23-36(25-37)47(8,9)10)45-52-49(14)28-34-20-30(2)31(3)22-41(34)50(49,54-45)48(11,12)13;/h15-23,25-26H,28H2,1-14H3;/q-2;+2/t49-,50-;/m1./s1. The normalized spacial score (nSPS) is 19.6. The Morgan fingerprint density at radius 2 is 1.42 bits per heavy atom. The van der Waals surface area contributed by atoms with Crippen molar-refractivity contribution in [2.24, 2.45) is 10.4 Å². The Morgan fingerprint density at radius 1 is 0.727 bits per heavy atom. The van der Waals surface area contributed by atoms with Crippen LogP contribution in [0.5, 0.6) is 0 Å². The van der Waals surface area contributed by atoms with Crippen molar-refractivity contribution < 1.29 is 25.8 Å². The van der Waals surface area contributed by atoms with Crippen LogP contribution in [0.25, 0.3) is 38.8 Å². The number of ether oxygens (including phenoxy) is 1. The monoisotopic (exact) mass is 908 g/mol. The number of hydrogen-bond donors (Lipinski definition) is 0. The van der Waals surface area contributed by atoms with E-state index in [2.05, 4.69) is 174 Å². The van der Waals surface area contributed by atoms with Crippen molar-refractivity contribution in [3.05, 3.63) is 129 Å². The number of fused-ring (bicyclic) bond motifs is 6. The van der Waals surface area contributed by atoms with Gasteiger partial charge in [0.05, 0.1) is 5.54 Å². The molecule has 0 spiro atoms. The van der Waals surface area contributed by atoms with E-state index in [0.717, 1.165) is 45.5 Å². The van der Waals surface area contributed by atoms with Crippen molar-refractivity contribution in [3.63, 3.8) is 0 Å². The molecule has 286 valence electrons. The molecule has 2 aliphatic rings. The number of rotatable bonds is 3. The maximum Gasteiger partial charge on any atom is 2.00 e. The van der Waals surface area contributed by atoms with E-state index in [4.69, 9.17) is 14.7 Å². The minimum absolute atomic E-state index is 0. The molecule has 0 fully saturated rings. The van der Waals surface area contributed by atoms with Crippen LogP contribution in [-0.4, -0.2) is 21.0 Å². The average molecular weight is 909 g/mol. The number of pyridine rings is 1. The smallest absolute Gasteiger partial charge is 0.507 e. The second kappa shape index (κ2) is 12.8. The fourth-order valence-electron chi connectivity index (χ4n) is 9.27. The second-order valence-electron chi connectivity index (χ2n) is 19.5. The van der Waals surface area contributed by atoms with Crippen LogP contribution in [0, 0.1) is 45.2 Å². The number of aryl methyl sites for hydroxylation is 4. The van der Waals surface area contributed by atoms with Crippen molar-refractivity contribution in [2.45, 2.75) is 125 Å². The molecule has 0 radical (unpaired) electrons. The molecule has 3 heterocycles. The molecule has 8 rings (SSSR count). The molecule has 2 aromatic heterocycles. The number of benzene rings is 4. The van der Waals surface area contributed by atoms with Gasteiger partial charge in [0, 0.05) is 29.1 Å². The first-order valence-corrected chi connectivity index (χ1v) is 19.5. The molecule has 4 nitrogen and oxygen atoms in total. The first kappa shape index (κ1) is 39.2. The molecule has 2 atom stereocenters. The van der Waals surface area contributed by atoms with Crippen molar-refractivity contribution in [2.75, 3.05) is 0 Å². The Labute approximate surface area is 343 Å². The molecule has 55 heavy (non-hydrogen) atoms. The molecule has 6 aromatic rings. The Hall–Kier alpha value is -4.01. The third kappa shape index (κ3) is 6.05. The predicted octanol–water partition coefficient (Wildman–Crippen LogP) is 12.3. The van der Waals surface area contributed by atoms with Gasteiger partial charge in [-0.25, -0.2) is 0 Å². The summed E-state index contributed by atoms with van der Waals surface area (Å²) in [4.78, 5) is 10.5. The van der Waals surface area contributed by atoms with Crippen LogP contribution in [-0.2, 0) is 48.7 Å². The fraction of sp³-hybridized carbons (Fsp3) is 0.400. The largest absolute Gasteiger partial charge is 2.00 e. The van der Waals surface area contributed by atoms with Gasteiger partial charge in [0.25, 0.3) is 0 Å². The molecular formula is C50H55N3OPt. The summed E-state index contributed by atoms with van der Waals surface area (Å²) in [5.74, 6) is 0.670. The van der Waals surface area contributed by atoms with Gasteiger partial charge in [-0.1, -0.05) is 116 Å². The molecule has 0 N–H and O–H groups in total. The van der Waals surface area contributed by atoms with Gasteiger partial charge in [0.2, 0.25) is 0 Å². The molecule has 4 aromatic carbocycles. The predicted molar refractivity (Wildman–Crippen MR) is 225 cm³/mol. The molecule has 0 amide bonds. The van der Waals surface area contributed by atoms with Crippen LogP contribution in [0.2, 0.25) is 0 Å². The number of aromatic nitrogens is 2. The summed E-state index contributed by atoms with van der Waals surface area (Å²) in [5, 5.41) is 2.37. The van der Waals surface area contributed by atoms with Gasteiger partial charge in [0.1, 0.15) is 5.90 Å². The molecule has 1 aliphatic carbocycles. The molecular weight excluding hydrogens is 854 g/mol. The molecule has 1 aliphatic heterocycles. The van der Waals surface area contributed by atoms with Crippen LogP contribution < -0.4 is 0 Å². The van der Waals surface area contributed by atoms with E-state index < -0.39 is 11.1 Å². The van der Waals surface area contributed by atoms with Gasteiger partial charge in [-0.2, -0.15) is 0 Å². The van der Waals surface area contributed by atoms with Crippen LogP contribution in [0.3, 0.4) is 0 Å². The molecule has 0 saturated carbocycles. The molecule has 0 unspecified atom stereocenters. The SMILES string of the molecule is Cc1ccc2c(c1)c1cc(C)c(-c3cc(C(C)(C)C)ccn3)[c-]c1n2-c1[c-]c(C2=N[C@]3(C)Cc4cc(C)c(C)cc4[C@]3(C(C)(C)C)O2)cc(C(C)(C)C)c1.[Pt+2]. The zero-order valence-electron chi connectivity index (χ0n) is 35.1. The van der Waals surface area contributed by atoms with Crippen LogP contribution in [0.4, 0.5) is 0 Å². The fourth-order valence-corrected chi connectivity index (χ4v) is 9.27. The van der Waals surface area contributed by atoms with E-state index in [-0.39, 0.29) is 37.3 Å². The Balaban J connectivity index is 0.00000465. The maximum absolute atomic E-state index is 7.40. The van der Waals surface area contributed by atoms with Crippen LogP contribution >= 0.6 is 0 Å². The van der Waals surface area contributed by atoms with Crippen molar-refractivity contribution in [1.29, 1.82) is 0 Å². The first-order valence-electron chi connectivity index (χ1n) is 19.5. The quantitative estimate of drug-likeness (QED) is 0.166. The van der Waals surface area contributed by atoms with Crippen LogP contribution in [0.1, 0.15) is 119 Å². The summed E-state index contributed by atoms with van der Waals surface area (Å²) in [5.41, 5.74) is 14.5. The average Bonchev–Trinajstić information content (AvgIpc) is 3.64. The van der Waals surface area contributed by atoms with E-state index in [1.807, 2.05) is 6.20 Å². The van der Waals surface area contributed by atoms with Crippen molar-refractivity contribution in [3.8, 4) is 16.9 Å². The molecule has 5 heteroatoms. The van der Waals surface area contributed by atoms with E-state index in [1.54, 1.807) is 0 Å². The number of nitrogens with zero attached hydrogens (tertiary/aromatic N) is 3. The summed E-state index contributed by atoms with van der Waals surface area (Å²) >= 11 is 0. The third-order valence-corrected chi connectivity index (χ3v) is 12.3. The Kier molecular flexibility index (Phi) is 9.10. The zero-order valence-corrected chi connectivity index (χ0v) is 37.4. The summed E-state index contributed by atoms with van der Waals surface area (Å²) in [6.45, 7) is 31.5. The summed E-state index contributed by atoms with van der Waals surface area (Å²) in [6, 6.07) is 30.5. The number of aliphatic imine (C=N–C) groups is 1. The summed E-state index contributed by atoms with van der Waals surface area (Å²) in [6.07, 6.45) is 2.77. The minimum atomic E-state index is -0.617. The van der Waals surface area contributed by atoms with Gasteiger partial charge in [-0.15, -0.1) is 47.0 Å². The Morgan fingerprint density at radius 3 is 2.09 bits per heavy atom. The summed E-state index contributed by atoms with van der Waals surface area (Å²) in [7, 11) is 0.